The lowest BCUT2D eigenvalue weighted by Crippen LogP contribution is -2.09. The van der Waals surface area contributed by atoms with E-state index < -0.39 is 5.24 Å². The van der Waals surface area contributed by atoms with Crippen molar-refractivity contribution in [2.75, 3.05) is 19.0 Å². The summed E-state index contributed by atoms with van der Waals surface area (Å²) >= 11 is 5.50. The largest absolute Gasteiger partial charge is 0.377 e. The number of carbonyl (C=O) groups excluding carboxylic acids is 1. The Balaban J connectivity index is 2.81. The topological polar surface area (TPSA) is 33.2 Å². The number of nitrogens with zero attached hydrogens (tertiary/aromatic N) is 2. The van der Waals surface area contributed by atoms with Gasteiger partial charge in [-0.25, -0.2) is 0 Å². The van der Waals surface area contributed by atoms with Gasteiger partial charge in [0.15, 0.2) is 0 Å². The first-order valence-electron chi connectivity index (χ1n) is 4.86. The van der Waals surface area contributed by atoms with Gasteiger partial charge in [-0.15, -0.1) is 0 Å². The Morgan fingerprint density at radius 2 is 2.00 bits per heavy atom. The number of halogens is 1. The van der Waals surface area contributed by atoms with Crippen molar-refractivity contribution < 1.29 is 4.79 Å². The Hall–Kier alpha value is -1.61. The lowest BCUT2D eigenvalue weighted by atomic mass is 10.1. The molecule has 0 spiro atoms. The molecular formula is C12H11ClN2O. The third-order valence-electron chi connectivity index (χ3n) is 2.45. The summed E-state index contributed by atoms with van der Waals surface area (Å²) in [4.78, 5) is 17.2. The summed E-state index contributed by atoms with van der Waals surface area (Å²) in [5.41, 5.74) is 1.35. The van der Waals surface area contributed by atoms with E-state index in [2.05, 4.69) is 4.98 Å². The molecule has 1 aromatic heterocycles. The van der Waals surface area contributed by atoms with Crippen LogP contribution in [-0.2, 0) is 0 Å². The maximum atomic E-state index is 11.2. The van der Waals surface area contributed by atoms with Crippen molar-refractivity contribution in [2.24, 2.45) is 0 Å². The van der Waals surface area contributed by atoms with E-state index in [9.17, 15) is 4.79 Å². The Bertz CT molecular complexity index is 552. The first kappa shape index (κ1) is 10.9. The van der Waals surface area contributed by atoms with Crippen LogP contribution in [-0.4, -0.2) is 24.3 Å². The summed E-state index contributed by atoms with van der Waals surface area (Å²) in [5, 5.41) is 1.24. The minimum absolute atomic E-state index is 0.308. The molecule has 1 aromatic carbocycles. The molecule has 0 aliphatic heterocycles. The molecule has 4 heteroatoms. The van der Waals surface area contributed by atoms with E-state index in [1.165, 1.54) is 0 Å². The van der Waals surface area contributed by atoms with E-state index >= 15 is 0 Å². The van der Waals surface area contributed by atoms with Gasteiger partial charge in [-0.2, -0.15) is 0 Å². The van der Waals surface area contributed by atoms with Crippen LogP contribution in [0.5, 0.6) is 0 Å². The Labute approximate surface area is 98.7 Å². The predicted octanol–water partition coefficient (Wildman–Crippen LogP) is 2.68. The molecule has 1 heterocycles. The summed E-state index contributed by atoms with van der Waals surface area (Å²) in [7, 11) is 3.91. The second kappa shape index (κ2) is 4.10. The molecule has 0 fully saturated rings. The van der Waals surface area contributed by atoms with Crippen LogP contribution in [0.3, 0.4) is 0 Å². The summed E-state index contributed by atoms with van der Waals surface area (Å²) in [6.07, 6.45) is 1.60. The number of anilines is 1. The van der Waals surface area contributed by atoms with Crippen LogP contribution in [0.2, 0.25) is 0 Å². The van der Waals surface area contributed by atoms with E-state index in [0.717, 1.165) is 16.5 Å². The molecule has 3 nitrogen and oxygen atoms in total. The van der Waals surface area contributed by atoms with E-state index in [0.29, 0.717) is 5.69 Å². The fourth-order valence-corrected chi connectivity index (χ4v) is 1.89. The van der Waals surface area contributed by atoms with Crippen molar-refractivity contribution in [1.82, 2.24) is 4.98 Å². The van der Waals surface area contributed by atoms with Gasteiger partial charge in [0.25, 0.3) is 5.24 Å². The summed E-state index contributed by atoms with van der Waals surface area (Å²) < 4.78 is 0. The van der Waals surface area contributed by atoms with Gasteiger partial charge >= 0.3 is 0 Å². The fourth-order valence-electron chi connectivity index (χ4n) is 1.74. The highest BCUT2D eigenvalue weighted by molar-refractivity contribution is 6.68. The van der Waals surface area contributed by atoms with Crippen molar-refractivity contribution in [3.8, 4) is 0 Å². The quantitative estimate of drug-likeness (QED) is 0.749. The van der Waals surface area contributed by atoms with E-state index in [1.807, 2.05) is 43.3 Å². The van der Waals surface area contributed by atoms with Crippen LogP contribution in [0.1, 0.15) is 10.5 Å². The van der Waals surface area contributed by atoms with Gasteiger partial charge in [0, 0.05) is 36.8 Å². The van der Waals surface area contributed by atoms with Crippen LogP contribution in [0, 0.1) is 0 Å². The number of rotatable bonds is 2. The predicted molar refractivity (Wildman–Crippen MR) is 66.3 cm³/mol. The molecule has 2 aromatic rings. The standard InChI is InChI=1S/C12H11ClN2O/c1-15(2)10-5-3-4-9-8(10)6-7-14-11(9)12(13)16/h3-7H,1-2H3. The van der Waals surface area contributed by atoms with Crippen LogP contribution in [0.25, 0.3) is 10.8 Å². The number of aromatic nitrogens is 1. The number of pyridine rings is 1. The van der Waals surface area contributed by atoms with Gasteiger partial charge in [0.05, 0.1) is 0 Å². The second-order valence-corrected chi connectivity index (χ2v) is 4.04. The van der Waals surface area contributed by atoms with Gasteiger partial charge < -0.3 is 4.90 Å². The minimum Gasteiger partial charge on any atom is -0.377 e. The molecule has 0 saturated carbocycles. The highest BCUT2D eigenvalue weighted by atomic mass is 35.5. The zero-order chi connectivity index (χ0) is 11.7. The number of fused-ring (bicyclic) bond motifs is 1. The molecule has 82 valence electrons. The van der Waals surface area contributed by atoms with Crippen LogP contribution >= 0.6 is 11.6 Å². The number of hydrogen-bond donors (Lipinski definition) is 0. The molecule has 0 atom stereocenters. The smallest absolute Gasteiger partial charge is 0.271 e. The third-order valence-corrected chi connectivity index (χ3v) is 2.63. The Morgan fingerprint density at radius 1 is 1.25 bits per heavy atom. The zero-order valence-electron chi connectivity index (χ0n) is 9.07. The summed E-state index contributed by atoms with van der Waals surface area (Å²) in [6.45, 7) is 0. The molecule has 0 unspecified atom stereocenters. The highest BCUT2D eigenvalue weighted by Gasteiger charge is 2.11. The minimum atomic E-state index is -0.526. The second-order valence-electron chi connectivity index (χ2n) is 3.70. The van der Waals surface area contributed by atoms with Crippen LogP contribution in [0.4, 0.5) is 5.69 Å². The highest BCUT2D eigenvalue weighted by Crippen LogP contribution is 2.27. The van der Waals surface area contributed by atoms with Crippen molar-refractivity contribution in [3.63, 3.8) is 0 Å². The van der Waals surface area contributed by atoms with E-state index in [-0.39, 0.29) is 0 Å². The molecule has 0 aliphatic rings. The van der Waals surface area contributed by atoms with E-state index in [4.69, 9.17) is 11.6 Å². The molecular weight excluding hydrogens is 224 g/mol. The monoisotopic (exact) mass is 234 g/mol. The molecule has 16 heavy (non-hydrogen) atoms. The molecule has 2 rings (SSSR count). The summed E-state index contributed by atoms with van der Waals surface area (Å²) in [6, 6.07) is 7.62. The Kier molecular flexibility index (Phi) is 2.79. The number of carbonyl (C=O) groups is 1. The van der Waals surface area contributed by atoms with Crippen molar-refractivity contribution in [2.45, 2.75) is 0 Å². The first-order valence-corrected chi connectivity index (χ1v) is 5.24. The molecule has 0 aliphatic carbocycles. The fraction of sp³-hybridized carbons (Fsp3) is 0.167. The van der Waals surface area contributed by atoms with E-state index in [1.54, 1.807) is 6.20 Å². The van der Waals surface area contributed by atoms with Crippen molar-refractivity contribution in [3.05, 3.63) is 36.2 Å². The van der Waals surface area contributed by atoms with Gasteiger partial charge in [-0.05, 0) is 23.7 Å². The van der Waals surface area contributed by atoms with Gasteiger partial charge in [-0.1, -0.05) is 12.1 Å². The maximum absolute atomic E-state index is 11.2. The summed E-state index contributed by atoms with van der Waals surface area (Å²) in [5.74, 6) is 0. The van der Waals surface area contributed by atoms with Gasteiger partial charge in [0.2, 0.25) is 0 Å². The van der Waals surface area contributed by atoms with Crippen LogP contribution in [0.15, 0.2) is 30.5 Å². The lowest BCUT2D eigenvalue weighted by Gasteiger charge is -2.15. The SMILES string of the molecule is CN(C)c1cccc2c(C(=O)Cl)nccc12. The number of hydrogen-bond acceptors (Lipinski definition) is 3. The van der Waals surface area contributed by atoms with Gasteiger partial charge in [0.1, 0.15) is 5.69 Å². The van der Waals surface area contributed by atoms with Crippen molar-refractivity contribution >= 4 is 33.3 Å². The lowest BCUT2D eigenvalue weighted by molar-refractivity contribution is 0.107. The molecule has 0 bridgehead atoms. The Morgan fingerprint density at radius 3 is 2.62 bits per heavy atom. The molecule has 0 radical (unpaired) electrons. The molecule has 0 N–H and O–H groups in total. The molecule has 0 amide bonds. The number of benzene rings is 1. The maximum Gasteiger partial charge on any atom is 0.271 e. The normalized spacial score (nSPS) is 10.4. The average Bonchev–Trinajstić information content (AvgIpc) is 2.27. The van der Waals surface area contributed by atoms with Crippen LogP contribution < -0.4 is 4.90 Å². The first-order chi connectivity index (χ1) is 7.61. The zero-order valence-corrected chi connectivity index (χ0v) is 9.82. The van der Waals surface area contributed by atoms with Gasteiger partial charge in [-0.3, -0.25) is 9.78 Å². The molecule has 0 saturated heterocycles. The average molecular weight is 235 g/mol. The third kappa shape index (κ3) is 1.74. The van der Waals surface area contributed by atoms with Crippen molar-refractivity contribution in [1.29, 1.82) is 0 Å².